The molecule has 2 bridgehead atoms. The van der Waals surface area contributed by atoms with Crippen LogP contribution in [0.3, 0.4) is 0 Å². The van der Waals surface area contributed by atoms with Crippen molar-refractivity contribution in [3.8, 4) is 5.88 Å². The molecule has 2 aromatic rings. The van der Waals surface area contributed by atoms with Crippen molar-refractivity contribution >= 4 is 17.5 Å². The summed E-state index contributed by atoms with van der Waals surface area (Å²) in [4.78, 5) is 15.1. The maximum atomic E-state index is 12.8. The van der Waals surface area contributed by atoms with Crippen LogP contribution in [0.4, 0.5) is 0 Å². The first-order chi connectivity index (χ1) is 12.7. The largest absolute Gasteiger partial charge is 0.479 e. The second kappa shape index (κ2) is 7.25. The van der Waals surface area contributed by atoms with E-state index in [4.69, 9.17) is 16.3 Å². The molecule has 1 unspecified atom stereocenters. The Bertz CT molecular complexity index is 801. The first kappa shape index (κ1) is 17.3. The van der Waals surface area contributed by atoms with Crippen LogP contribution in [0.2, 0.25) is 5.02 Å². The molecule has 0 radical (unpaired) electrons. The Balaban J connectivity index is 1.51. The third-order valence-corrected chi connectivity index (χ3v) is 5.72. The summed E-state index contributed by atoms with van der Waals surface area (Å²) < 4.78 is 6.99. The molecule has 3 fully saturated rings. The van der Waals surface area contributed by atoms with Gasteiger partial charge in [0.2, 0.25) is 11.6 Å². The standard InChI is InChI=1S/C18H22ClN5O2/c1-26-18-16(17(25)20-15-11-23-8-6-12(15)7-9-23)21-22-24(18)10-13-4-2-3-5-14(13)19/h2-5,12,15H,6-11H2,1H3,(H,20,25). The smallest absolute Gasteiger partial charge is 0.277 e. The Hall–Kier alpha value is -2.12. The third-order valence-electron chi connectivity index (χ3n) is 5.35. The molecule has 4 heterocycles. The molecule has 3 saturated heterocycles. The van der Waals surface area contributed by atoms with Crippen molar-refractivity contribution in [2.24, 2.45) is 5.92 Å². The summed E-state index contributed by atoms with van der Waals surface area (Å²) in [5.74, 6) is 0.669. The number of rotatable bonds is 5. The van der Waals surface area contributed by atoms with Crippen LogP contribution in [0.25, 0.3) is 0 Å². The number of nitrogens with one attached hydrogen (secondary N) is 1. The molecular weight excluding hydrogens is 354 g/mol. The third kappa shape index (κ3) is 3.29. The maximum Gasteiger partial charge on any atom is 0.277 e. The van der Waals surface area contributed by atoms with E-state index in [1.54, 1.807) is 4.68 Å². The second-order valence-electron chi connectivity index (χ2n) is 6.91. The van der Waals surface area contributed by atoms with Gasteiger partial charge in [0.25, 0.3) is 5.91 Å². The lowest BCUT2D eigenvalue weighted by Gasteiger charge is -2.44. The summed E-state index contributed by atoms with van der Waals surface area (Å²) in [7, 11) is 1.52. The fourth-order valence-corrected chi connectivity index (χ4v) is 4.10. The lowest BCUT2D eigenvalue weighted by atomic mass is 9.84. The van der Waals surface area contributed by atoms with Crippen LogP contribution in [-0.4, -0.2) is 58.6 Å². The number of ether oxygens (including phenoxy) is 1. The summed E-state index contributed by atoms with van der Waals surface area (Å²) in [6, 6.07) is 7.68. The number of carbonyl (C=O) groups is 1. The average molecular weight is 376 g/mol. The summed E-state index contributed by atoms with van der Waals surface area (Å²) >= 11 is 6.22. The minimum atomic E-state index is -0.231. The van der Waals surface area contributed by atoms with Crippen LogP contribution in [0.5, 0.6) is 5.88 Å². The number of methoxy groups -OCH3 is 1. The van der Waals surface area contributed by atoms with Crippen LogP contribution >= 0.6 is 11.6 Å². The molecule has 1 aromatic heterocycles. The Kier molecular flexibility index (Phi) is 4.82. The number of carbonyl (C=O) groups excluding carboxylic acids is 1. The van der Waals surface area contributed by atoms with Crippen molar-refractivity contribution in [1.29, 1.82) is 0 Å². The van der Waals surface area contributed by atoms with E-state index < -0.39 is 0 Å². The Morgan fingerprint density at radius 2 is 2.12 bits per heavy atom. The van der Waals surface area contributed by atoms with Crippen LogP contribution < -0.4 is 10.1 Å². The van der Waals surface area contributed by atoms with Crippen molar-refractivity contribution < 1.29 is 9.53 Å². The number of fused-ring (bicyclic) bond motifs is 3. The molecule has 138 valence electrons. The van der Waals surface area contributed by atoms with Crippen molar-refractivity contribution in [3.63, 3.8) is 0 Å². The van der Waals surface area contributed by atoms with E-state index >= 15 is 0 Å². The van der Waals surface area contributed by atoms with Gasteiger partial charge < -0.3 is 15.0 Å². The summed E-state index contributed by atoms with van der Waals surface area (Å²) in [6.07, 6.45) is 2.28. The first-order valence-corrected chi connectivity index (χ1v) is 9.27. The molecule has 3 aliphatic rings. The molecule has 1 amide bonds. The molecule has 0 spiro atoms. The lowest BCUT2D eigenvalue weighted by Crippen LogP contribution is -2.57. The molecule has 0 aliphatic carbocycles. The maximum absolute atomic E-state index is 12.8. The number of hydrogen-bond acceptors (Lipinski definition) is 5. The van der Waals surface area contributed by atoms with Crippen LogP contribution in [0, 0.1) is 5.92 Å². The molecule has 7 nitrogen and oxygen atoms in total. The van der Waals surface area contributed by atoms with E-state index in [1.165, 1.54) is 7.11 Å². The van der Waals surface area contributed by atoms with Gasteiger partial charge in [0.05, 0.1) is 13.7 Å². The van der Waals surface area contributed by atoms with Gasteiger partial charge in [0, 0.05) is 17.6 Å². The van der Waals surface area contributed by atoms with Crippen molar-refractivity contribution in [2.75, 3.05) is 26.7 Å². The zero-order chi connectivity index (χ0) is 18.1. The number of aromatic nitrogens is 3. The van der Waals surface area contributed by atoms with Gasteiger partial charge in [-0.15, -0.1) is 5.10 Å². The molecule has 8 heteroatoms. The van der Waals surface area contributed by atoms with E-state index in [0.717, 1.165) is 38.0 Å². The normalized spacial score (nSPS) is 24.5. The SMILES string of the molecule is COc1c(C(=O)NC2CN3CCC2CC3)nnn1Cc1ccccc1Cl. The van der Waals surface area contributed by atoms with Gasteiger partial charge in [-0.05, 0) is 43.5 Å². The van der Waals surface area contributed by atoms with Crippen molar-refractivity contribution in [2.45, 2.75) is 25.4 Å². The van der Waals surface area contributed by atoms with Gasteiger partial charge in [-0.1, -0.05) is 35.0 Å². The second-order valence-corrected chi connectivity index (χ2v) is 7.32. The van der Waals surface area contributed by atoms with Crippen LogP contribution in [0.15, 0.2) is 24.3 Å². The molecule has 1 atom stereocenters. The van der Waals surface area contributed by atoms with Crippen LogP contribution in [-0.2, 0) is 6.54 Å². The number of hydrogen-bond donors (Lipinski definition) is 1. The molecule has 3 aliphatic heterocycles. The molecule has 0 saturated carbocycles. The van der Waals surface area contributed by atoms with Crippen LogP contribution in [0.1, 0.15) is 28.9 Å². The van der Waals surface area contributed by atoms with Crippen molar-refractivity contribution in [3.05, 3.63) is 40.5 Å². The zero-order valence-corrected chi connectivity index (χ0v) is 15.4. The Labute approximate surface area is 157 Å². The minimum absolute atomic E-state index is 0.170. The number of halogens is 1. The molecule has 5 rings (SSSR count). The molecule has 26 heavy (non-hydrogen) atoms. The summed E-state index contributed by atoms with van der Waals surface area (Å²) in [5, 5.41) is 11.9. The van der Waals surface area contributed by atoms with Gasteiger partial charge in [-0.3, -0.25) is 4.79 Å². The first-order valence-electron chi connectivity index (χ1n) is 8.90. The highest BCUT2D eigenvalue weighted by Crippen LogP contribution is 2.28. The fraction of sp³-hybridized carbons (Fsp3) is 0.500. The molecule has 1 N–H and O–H groups in total. The Morgan fingerprint density at radius 3 is 2.77 bits per heavy atom. The number of benzene rings is 1. The minimum Gasteiger partial charge on any atom is -0.479 e. The van der Waals surface area contributed by atoms with E-state index in [2.05, 4.69) is 20.5 Å². The van der Waals surface area contributed by atoms with Gasteiger partial charge in [0.15, 0.2) is 0 Å². The van der Waals surface area contributed by atoms with E-state index in [0.29, 0.717) is 23.4 Å². The van der Waals surface area contributed by atoms with E-state index in [9.17, 15) is 4.79 Å². The summed E-state index contributed by atoms with van der Waals surface area (Å²) in [5.41, 5.74) is 1.11. The summed E-state index contributed by atoms with van der Waals surface area (Å²) in [6.45, 7) is 3.57. The predicted molar refractivity (Wildman–Crippen MR) is 97.5 cm³/mol. The number of piperidine rings is 3. The van der Waals surface area contributed by atoms with Gasteiger partial charge >= 0.3 is 0 Å². The highest BCUT2D eigenvalue weighted by Gasteiger charge is 2.36. The highest BCUT2D eigenvalue weighted by atomic mass is 35.5. The average Bonchev–Trinajstić information content (AvgIpc) is 3.07. The monoisotopic (exact) mass is 375 g/mol. The highest BCUT2D eigenvalue weighted by molar-refractivity contribution is 6.31. The molecular formula is C18H22ClN5O2. The molecule has 1 aromatic carbocycles. The predicted octanol–water partition coefficient (Wildman–Crippen LogP) is 1.81. The zero-order valence-electron chi connectivity index (χ0n) is 14.7. The van der Waals surface area contributed by atoms with E-state index in [1.807, 2.05) is 24.3 Å². The quantitative estimate of drug-likeness (QED) is 0.863. The lowest BCUT2D eigenvalue weighted by molar-refractivity contribution is 0.0616. The van der Waals surface area contributed by atoms with E-state index in [-0.39, 0.29) is 17.6 Å². The topological polar surface area (TPSA) is 72.3 Å². The van der Waals surface area contributed by atoms with Gasteiger partial charge in [0.1, 0.15) is 0 Å². The van der Waals surface area contributed by atoms with Crippen molar-refractivity contribution in [1.82, 2.24) is 25.2 Å². The fourth-order valence-electron chi connectivity index (χ4n) is 3.91. The van der Waals surface area contributed by atoms with Gasteiger partial charge in [-0.2, -0.15) is 0 Å². The Morgan fingerprint density at radius 1 is 1.35 bits per heavy atom. The number of nitrogens with zero attached hydrogens (tertiary/aromatic N) is 4. The number of amides is 1. The van der Waals surface area contributed by atoms with Gasteiger partial charge in [-0.25, -0.2) is 4.68 Å².